The van der Waals surface area contributed by atoms with Gasteiger partial charge in [-0.3, -0.25) is 4.90 Å². The van der Waals surface area contributed by atoms with Crippen molar-refractivity contribution >= 4 is 5.95 Å². The number of rotatable bonds is 1. The largest absolute Gasteiger partial charge is 0.368 e. The van der Waals surface area contributed by atoms with Crippen molar-refractivity contribution in [1.29, 1.82) is 0 Å². The van der Waals surface area contributed by atoms with E-state index in [4.69, 9.17) is 5.73 Å². The third-order valence-electron chi connectivity index (χ3n) is 4.28. The molecule has 1 aliphatic heterocycles. The monoisotopic (exact) mass is 249 g/mol. The van der Waals surface area contributed by atoms with Crippen molar-refractivity contribution in [3.05, 3.63) is 12.2 Å². The van der Waals surface area contributed by atoms with Crippen LogP contribution in [0.25, 0.3) is 0 Å². The van der Waals surface area contributed by atoms with Crippen LogP contribution in [-0.2, 0) is 0 Å². The van der Waals surface area contributed by atoms with E-state index in [1.807, 2.05) is 0 Å². The Hall–Kier alpha value is -1.23. The van der Waals surface area contributed by atoms with E-state index in [0.29, 0.717) is 11.9 Å². The molecule has 1 aromatic heterocycles. The molecular weight excluding hydrogens is 226 g/mol. The fourth-order valence-corrected chi connectivity index (χ4v) is 3.07. The van der Waals surface area contributed by atoms with Crippen LogP contribution >= 0.6 is 0 Å². The molecule has 0 spiro atoms. The molecule has 0 bridgehead atoms. The number of anilines is 1. The van der Waals surface area contributed by atoms with E-state index in [1.54, 1.807) is 0 Å². The molecule has 5 nitrogen and oxygen atoms in total. The van der Waals surface area contributed by atoms with Crippen molar-refractivity contribution < 1.29 is 0 Å². The summed E-state index contributed by atoms with van der Waals surface area (Å²) in [5.74, 6) is 1.49. The summed E-state index contributed by atoms with van der Waals surface area (Å²) in [5, 5.41) is 0. The average molecular weight is 249 g/mol. The van der Waals surface area contributed by atoms with Gasteiger partial charge in [0.1, 0.15) is 12.2 Å². The first-order chi connectivity index (χ1) is 8.22. The van der Waals surface area contributed by atoms with E-state index in [-0.39, 0.29) is 11.1 Å². The van der Waals surface area contributed by atoms with Gasteiger partial charge in [0, 0.05) is 17.0 Å². The first-order valence-corrected chi connectivity index (χ1v) is 6.41. The number of nitrogens with zero attached hydrogens (tertiary/aromatic N) is 4. The van der Waals surface area contributed by atoms with Gasteiger partial charge in [-0.25, -0.2) is 9.97 Å². The van der Waals surface area contributed by atoms with Gasteiger partial charge in [-0.15, -0.1) is 0 Å². The summed E-state index contributed by atoms with van der Waals surface area (Å²) >= 11 is 0. The van der Waals surface area contributed by atoms with Gasteiger partial charge in [0.15, 0.2) is 0 Å². The van der Waals surface area contributed by atoms with Gasteiger partial charge in [-0.05, 0) is 47.6 Å². The molecule has 1 fully saturated rings. The number of aromatic nitrogens is 3. The highest BCUT2D eigenvalue weighted by atomic mass is 15.2. The lowest BCUT2D eigenvalue weighted by atomic mass is 9.74. The first kappa shape index (κ1) is 13.2. The predicted octanol–water partition coefficient (Wildman–Crippen LogP) is 1.82. The molecule has 2 heterocycles. The lowest BCUT2D eigenvalue weighted by Crippen LogP contribution is -2.58. The summed E-state index contributed by atoms with van der Waals surface area (Å²) in [6.45, 7) is 9.08. The van der Waals surface area contributed by atoms with Crippen LogP contribution < -0.4 is 5.73 Å². The molecule has 0 aromatic carbocycles. The highest BCUT2D eigenvalue weighted by Crippen LogP contribution is 2.43. The Bertz CT molecular complexity index is 423. The number of hydrogen-bond donors (Lipinski definition) is 1. The maximum atomic E-state index is 5.66. The van der Waals surface area contributed by atoms with E-state index < -0.39 is 0 Å². The van der Waals surface area contributed by atoms with Crippen molar-refractivity contribution in [3.8, 4) is 0 Å². The summed E-state index contributed by atoms with van der Waals surface area (Å²) in [7, 11) is 2.19. The maximum absolute atomic E-state index is 5.66. The standard InChI is InChI=1S/C13H23N5/c1-12(2)6-9(7-13(3,4)18(12)5)10-15-8-16-11(14)17-10/h8-9H,6-7H2,1-5H3,(H2,14,15,16,17). The molecule has 1 aliphatic rings. The molecule has 0 atom stereocenters. The zero-order chi connectivity index (χ0) is 13.6. The van der Waals surface area contributed by atoms with Crippen molar-refractivity contribution in [2.75, 3.05) is 12.8 Å². The number of likely N-dealkylation sites (tertiary alicyclic amines) is 1. The van der Waals surface area contributed by atoms with E-state index in [2.05, 4.69) is 54.6 Å². The van der Waals surface area contributed by atoms with Gasteiger partial charge in [0.2, 0.25) is 5.95 Å². The highest BCUT2D eigenvalue weighted by Gasteiger charge is 2.44. The van der Waals surface area contributed by atoms with Gasteiger partial charge in [-0.2, -0.15) is 4.98 Å². The van der Waals surface area contributed by atoms with Gasteiger partial charge in [-0.1, -0.05) is 0 Å². The van der Waals surface area contributed by atoms with Crippen molar-refractivity contribution in [3.63, 3.8) is 0 Å². The Kier molecular flexibility index (Phi) is 3.05. The van der Waals surface area contributed by atoms with Crippen molar-refractivity contribution in [2.45, 2.75) is 57.5 Å². The summed E-state index contributed by atoms with van der Waals surface area (Å²) in [6, 6.07) is 0. The van der Waals surface area contributed by atoms with E-state index >= 15 is 0 Å². The molecule has 0 radical (unpaired) electrons. The molecule has 0 saturated carbocycles. The minimum Gasteiger partial charge on any atom is -0.368 e. The number of hydrogen-bond acceptors (Lipinski definition) is 5. The third kappa shape index (κ3) is 2.32. The normalized spacial score (nSPS) is 24.1. The molecule has 2 N–H and O–H groups in total. The second-order valence-electron chi connectivity index (χ2n) is 6.49. The fraction of sp³-hybridized carbons (Fsp3) is 0.769. The summed E-state index contributed by atoms with van der Waals surface area (Å²) in [5.41, 5.74) is 5.92. The van der Waals surface area contributed by atoms with E-state index in [0.717, 1.165) is 18.7 Å². The Morgan fingerprint density at radius 1 is 1.17 bits per heavy atom. The molecule has 0 amide bonds. The Morgan fingerprint density at radius 2 is 1.72 bits per heavy atom. The zero-order valence-electron chi connectivity index (χ0n) is 11.9. The smallest absolute Gasteiger partial charge is 0.223 e. The summed E-state index contributed by atoms with van der Waals surface area (Å²) < 4.78 is 0. The summed E-state index contributed by atoms with van der Waals surface area (Å²) in [4.78, 5) is 14.9. The minimum atomic E-state index is 0.133. The lowest BCUT2D eigenvalue weighted by molar-refractivity contribution is -0.0142. The predicted molar refractivity (Wildman–Crippen MR) is 72.1 cm³/mol. The molecule has 100 valence electrons. The van der Waals surface area contributed by atoms with Crippen LogP contribution in [0.4, 0.5) is 5.95 Å². The molecule has 1 aromatic rings. The van der Waals surface area contributed by atoms with Gasteiger partial charge < -0.3 is 5.73 Å². The minimum absolute atomic E-state index is 0.133. The number of piperidine rings is 1. The van der Waals surface area contributed by atoms with E-state index in [1.165, 1.54) is 6.33 Å². The quantitative estimate of drug-likeness (QED) is 0.822. The lowest BCUT2D eigenvalue weighted by Gasteiger charge is -2.53. The third-order valence-corrected chi connectivity index (χ3v) is 4.28. The molecule has 2 rings (SSSR count). The topological polar surface area (TPSA) is 67.9 Å². The Morgan fingerprint density at radius 3 is 2.22 bits per heavy atom. The molecule has 18 heavy (non-hydrogen) atoms. The van der Waals surface area contributed by atoms with Crippen molar-refractivity contribution in [1.82, 2.24) is 19.9 Å². The molecular formula is C13H23N5. The SMILES string of the molecule is CN1C(C)(C)CC(c2ncnc(N)n2)CC1(C)C. The molecule has 1 saturated heterocycles. The second kappa shape index (κ2) is 4.16. The summed E-state index contributed by atoms with van der Waals surface area (Å²) in [6.07, 6.45) is 3.59. The van der Waals surface area contributed by atoms with E-state index in [9.17, 15) is 0 Å². The van der Waals surface area contributed by atoms with Crippen LogP contribution in [0.5, 0.6) is 0 Å². The first-order valence-electron chi connectivity index (χ1n) is 6.41. The Labute approximate surface area is 109 Å². The average Bonchev–Trinajstić information content (AvgIpc) is 2.25. The zero-order valence-corrected chi connectivity index (χ0v) is 11.9. The molecule has 5 heteroatoms. The number of nitrogen functional groups attached to an aromatic ring is 1. The van der Waals surface area contributed by atoms with Crippen LogP contribution in [0.3, 0.4) is 0 Å². The van der Waals surface area contributed by atoms with Gasteiger partial charge >= 0.3 is 0 Å². The highest BCUT2D eigenvalue weighted by molar-refractivity contribution is 5.16. The fourth-order valence-electron chi connectivity index (χ4n) is 3.07. The Balaban J connectivity index is 2.31. The number of nitrogens with two attached hydrogens (primary N) is 1. The van der Waals surface area contributed by atoms with Crippen LogP contribution in [0.15, 0.2) is 6.33 Å². The second-order valence-corrected chi connectivity index (χ2v) is 6.49. The molecule has 0 unspecified atom stereocenters. The van der Waals surface area contributed by atoms with Crippen LogP contribution in [0.2, 0.25) is 0 Å². The van der Waals surface area contributed by atoms with Gasteiger partial charge in [0.25, 0.3) is 0 Å². The van der Waals surface area contributed by atoms with Crippen LogP contribution in [0, 0.1) is 0 Å². The van der Waals surface area contributed by atoms with Crippen LogP contribution in [0.1, 0.15) is 52.3 Å². The van der Waals surface area contributed by atoms with Crippen LogP contribution in [-0.4, -0.2) is 38.0 Å². The van der Waals surface area contributed by atoms with Gasteiger partial charge in [0.05, 0.1) is 0 Å². The maximum Gasteiger partial charge on any atom is 0.223 e. The van der Waals surface area contributed by atoms with Crippen molar-refractivity contribution in [2.24, 2.45) is 0 Å². The molecule has 0 aliphatic carbocycles.